The molecule has 0 saturated carbocycles. The van der Waals surface area contributed by atoms with Gasteiger partial charge in [-0.15, -0.1) is 11.3 Å². The quantitative estimate of drug-likeness (QED) is 0.780. The van der Waals surface area contributed by atoms with Gasteiger partial charge in [0.15, 0.2) is 0 Å². The van der Waals surface area contributed by atoms with Crippen LogP contribution in [0.1, 0.15) is 22.3 Å². The van der Waals surface area contributed by atoms with Crippen molar-refractivity contribution in [3.8, 4) is 16.3 Å². The molecule has 6 heteroatoms. The molecule has 1 atom stereocenters. The highest BCUT2D eigenvalue weighted by Gasteiger charge is 2.25. The molecule has 3 heterocycles. The summed E-state index contributed by atoms with van der Waals surface area (Å²) in [6.45, 7) is 0.951. The Morgan fingerprint density at radius 1 is 1.32 bits per heavy atom. The van der Waals surface area contributed by atoms with Crippen molar-refractivity contribution in [3.63, 3.8) is 0 Å². The Labute approximate surface area is 132 Å². The maximum absolute atomic E-state index is 5.29. The molecule has 22 heavy (non-hydrogen) atoms. The van der Waals surface area contributed by atoms with E-state index in [9.17, 15) is 0 Å². The number of rotatable bonds is 3. The van der Waals surface area contributed by atoms with Gasteiger partial charge < -0.3 is 15.0 Å². The van der Waals surface area contributed by atoms with Crippen LogP contribution in [-0.4, -0.2) is 28.6 Å². The second kappa shape index (κ2) is 5.55. The van der Waals surface area contributed by atoms with Crippen molar-refractivity contribution in [1.29, 1.82) is 0 Å². The van der Waals surface area contributed by atoms with Crippen molar-refractivity contribution in [3.05, 3.63) is 53.1 Å². The highest BCUT2D eigenvalue weighted by atomic mass is 32.1. The van der Waals surface area contributed by atoms with E-state index in [-0.39, 0.29) is 6.04 Å². The van der Waals surface area contributed by atoms with Crippen LogP contribution in [0.15, 0.2) is 36.8 Å². The summed E-state index contributed by atoms with van der Waals surface area (Å²) in [5.41, 5.74) is 3.39. The van der Waals surface area contributed by atoms with Crippen molar-refractivity contribution in [2.24, 2.45) is 0 Å². The number of aromatic nitrogens is 3. The van der Waals surface area contributed by atoms with Crippen molar-refractivity contribution >= 4 is 11.3 Å². The predicted octanol–water partition coefficient (Wildman–Crippen LogP) is 2.78. The number of hydrogen-bond acceptors (Lipinski definition) is 5. The first-order valence-corrected chi connectivity index (χ1v) is 8.02. The van der Waals surface area contributed by atoms with Crippen LogP contribution < -0.4 is 10.1 Å². The molecular weight excluding hydrogens is 296 g/mol. The van der Waals surface area contributed by atoms with Crippen LogP contribution in [0.25, 0.3) is 10.6 Å². The molecule has 0 bridgehead atoms. The fraction of sp³-hybridized carbons (Fsp3) is 0.250. The molecule has 0 radical (unpaired) electrons. The van der Waals surface area contributed by atoms with Gasteiger partial charge in [0, 0.05) is 35.3 Å². The number of thiazole rings is 1. The van der Waals surface area contributed by atoms with Crippen LogP contribution in [0.4, 0.5) is 0 Å². The van der Waals surface area contributed by atoms with E-state index in [4.69, 9.17) is 4.74 Å². The summed E-state index contributed by atoms with van der Waals surface area (Å²) in [7, 11) is 1.68. The fourth-order valence-corrected chi connectivity index (χ4v) is 3.76. The lowest BCUT2D eigenvalue weighted by atomic mass is 10.1. The van der Waals surface area contributed by atoms with E-state index in [0.717, 1.165) is 35.0 Å². The van der Waals surface area contributed by atoms with Crippen LogP contribution in [0.5, 0.6) is 5.75 Å². The summed E-state index contributed by atoms with van der Waals surface area (Å²) in [4.78, 5) is 13.5. The van der Waals surface area contributed by atoms with Crippen molar-refractivity contribution < 1.29 is 4.74 Å². The monoisotopic (exact) mass is 312 g/mol. The number of imidazole rings is 1. The number of ether oxygens (including phenoxy) is 1. The minimum absolute atomic E-state index is 0.131. The first-order valence-electron chi connectivity index (χ1n) is 7.21. The molecule has 4 rings (SSSR count). The summed E-state index contributed by atoms with van der Waals surface area (Å²) < 4.78 is 5.29. The number of hydrogen-bond donors (Lipinski definition) is 2. The topological polar surface area (TPSA) is 62.8 Å². The van der Waals surface area contributed by atoms with Gasteiger partial charge in [-0.1, -0.05) is 12.1 Å². The Bertz CT molecular complexity index is 795. The summed E-state index contributed by atoms with van der Waals surface area (Å²) >= 11 is 1.70. The molecule has 0 amide bonds. The highest BCUT2D eigenvalue weighted by molar-refractivity contribution is 7.15. The largest absolute Gasteiger partial charge is 0.497 e. The first-order chi connectivity index (χ1) is 10.8. The Balaban J connectivity index is 1.68. The molecule has 2 aromatic heterocycles. The zero-order valence-electron chi connectivity index (χ0n) is 12.2. The van der Waals surface area contributed by atoms with Crippen LogP contribution in [0, 0.1) is 0 Å². The van der Waals surface area contributed by atoms with Gasteiger partial charge in [-0.05, 0) is 12.1 Å². The molecule has 1 aromatic carbocycles. The van der Waals surface area contributed by atoms with Crippen LogP contribution >= 0.6 is 11.3 Å². The Morgan fingerprint density at radius 2 is 2.27 bits per heavy atom. The summed E-state index contributed by atoms with van der Waals surface area (Å²) in [6.07, 6.45) is 4.71. The average molecular weight is 312 g/mol. The smallest absolute Gasteiger partial charge is 0.123 e. The Kier molecular flexibility index (Phi) is 3.40. The van der Waals surface area contributed by atoms with Crippen LogP contribution in [0.2, 0.25) is 0 Å². The summed E-state index contributed by atoms with van der Waals surface area (Å²) in [6, 6.07) is 8.12. The number of methoxy groups -OCH3 is 1. The van der Waals surface area contributed by atoms with E-state index in [1.165, 1.54) is 10.6 Å². The molecule has 0 aliphatic carbocycles. The van der Waals surface area contributed by atoms with E-state index in [1.54, 1.807) is 24.8 Å². The lowest BCUT2D eigenvalue weighted by molar-refractivity contribution is 0.415. The summed E-state index contributed by atoms with van der Waals surface area (Å²) in [5, 5.41) is 4.53. The molecule has 5 nitrogen and oxygen atoms in total. The number of aromatic amines is 1. The lowest BCUT2D eigenvalue weighted by Crippen LogP contribution is -2.30. The van der Waals surface area contributed by atoms with Gasteiger partial charge in [0.25, 0.3) is 0 Å². The molecule has 0 spiro atoms. The number of nitrogens with one attached hydrogen (secondary N) is 2. The molecule has 0 saturated heterocycles. The number of H-pyrrole nitrogens is 1. The van der Waals surface area contributed by atoms with Gasteiger partial charge in [0.05, 0.1) is 25.2 Å². The normalized spacial score (nSPS) is 17.2. The minimum Gasteiger partial charge on any atom is -0.497 e. The van der Waals surface area contributed by atoms with Gasteiger partial charge in [0.2, 0.25) is 0 Å². The molecular formula is C16H16N4OS. The molecule has 2 N–H and O–H groups in total. The molecule has 1 unspecified atom stereocenters. The summed E-state index contributed by atoms with van der Waals surface area (Å²) in [5.74, 6) is 0.847. The van der Waals surface area contributed by atoms with E-state index in [2.05, 4.69) is 26.3 Å². The third-order valence-corrected chi connectivity index (χ3v) is 4.98. The van der Waals surface area contributed by atoms with E-state index in [1.807, 2.05) is 24.4 Å². The SMILES string of the molecule is COc1cccc(-c2ncc(C3NCCc4[nH]cnc43)s2)c1. The first kappa shape index (κ1) is 13.5. The number of benzene rings is 1. The van der Waals surface area contributed by atoms with E-state index < -0.39 is 0 Å². The zero-order chi connectivity index (χ0) is 14.9. The lowest BCUT2D eigenvalue weighted by Gasteiger charge is -2.21. The molecule has 112 valence electrons. The molecule has 0 fully saturated rings. The maximum atomic E-state index is 5.29. The maximum Gasteiger partial charge on any atom is 0.123 e. The Morgan fingerprint density at radius 3 is 3.18 bits per heavy atom. The van der Waals surface area contributed by atoms with E-state index in [0.29, 0.717) is 0 Å². The standard InChI is InChI=1S/C16H16N4OS/c1-21-11-4-2-3-10(7-11)16-18-8-13(22-16)15-14-12(5-6-17-15)19-9-20-14/h2-4,7-9,15,17H,5-6H2,1H3,(H,19,20). The zero-order valence-corrected chi connectivity index (χ0v) is 13.0. The predicted molar refractivity (Wildman–Crippen MR) is 86.2 cm³/mol. The van der Waals surface area contributed by atoms with Crippen molar-refractivity contribution in [2.45, 2.75) is 12.5 Å². The van der Waals surface area contributed by atoms with Gasteiger partial charge in [-0.25, -0.2) is 9.97 Å². The minimum atomic E-state index is 0.131. The number of fused-ring (bicyclic) bond motifs is 1. The molecule has 1 aliphatic heterocycles. The van der Waals surface area contributed by atoms with Crippen molar-refractivity contribution in [2.75, 3.05) is 13.7 Å². The van der Waals surface area contributed by atoms with Crippen LogP contribution in [0.3, 0.4) is 0 Å². The van der Waals surface area contributed by atoms with E-state index >= 15 is 0 Å². The van der Waals surface area contributed by atoms with Crippen molar-refractivity contribution in [1.82, 2.24) is 20.3 Å². The molecule has 1 aliphatic rings. The fourth-order valence-electron chi connectivity index (χ4n) is 2.76. The third kappa shape index (κ3) is 2.30. The number of nitrogens with zero attached hydrogens (tertiary/aromatic N) is 2. The van der Waals surface area contributed by atoms with Gasteiger partial charge >= 0.3 is 0 Å². The van der Waals surface area contributed by atoms with Gasteiger partial charge in [-0.2, -0.15) is 0 Å². The highest BCUT2D eigenvalue weighted by Crippen LogP contribution is 2.34. The Hall–Kier alpha value is -2.18. The average Bonchev–Trinajstić information content (AvgIpc) is 3.23. The third-order valence-electron chi connectivity index (χ3n) is 3.87. The van der Waals surface area contributed by atoms with Gasteiger partial charge in [0.1, 0.15) is 10.8 Å². The second-order valence-corrected chi connectivity index (χ2v) is 6.27. The second-order valence-electron chi connectivity index (χ2n) is 5.20. The van der Waals surface area contributed by atoms with Gasteiger partial charge in [-0.3, -0.25) is 0 Å². The van der Waals surface area contributed by atoms with Crippen LogP contribution in [-0.2, 0) is 6.42 Å². The molecule has 3 aromatic rings.